The van der Waals surface area contributed by atoms with E-state index in [0.717, 1.165) is 30.5 Å². The van der Waals surface area contributed by atoms with Gasteiger partial charge in [-0.05, 0) is 73.9 Å². The average molecular weight is 503 g/mol. The van der Waals surface area contributed by atoms with Crippen molar-refractivity contribution in [3.05, 3.63) is 92.9 Å². The van der Waals surface area contributed by atoms with Crippen molar-refractivity contribution in [3.63, 3.8) is 0 Å². The molecule has 1 heterocycles. The first kappa shape index (κ1) is 25.6. The first-order valence-electron chi connectivity index (χ1n) is 11.6. The second kappa shape index (κ2) is 9.52. The number of carbonyl (C=O) groups excluding carboxylic acids is 1. The highest BCUT2D eigenvalue weighted by atomic mass is 19.4. The fraction of sp³-hybridized carbons (Fsp3) is 0.370. The molecular weight excluding hydrogens is 476 g/mol. The molecule has 190 valence electrons. The average Bonchev–Trinajstić information content (AvgIpc) is 3.66. The van der Waals surface area contributed by atoms with Gasteiger partial charge in [0.25, 0.3) is 5.56 Å². The highest BCUT2D eigenvalue weighted by Gasteiger charge is 2.38. The number of carbonyl (C=O) groups is 1. The molecule has 1 aliphatic rings. The van der Waals surface area contributed by atoms with E-state index in [1.165, 1.54) is 6.07 Å². The molecule has 0 saturated heterocycles. The lowest BCUT2D eigenvalue weighted by molar-refractivity contribution is -0.140. The minimum Gasteiger partial charge on any atom is -0.497 e. The third-order valence-electron chi connectivity index (χ3n) is 6.75. The Labute approximate surface area is 205 Å². The predicted octanol–water partition coefficient (Wildman–Crippen LogP) is 6.03. The van der Waals surface area contributed by atoms with Gasteiger partial charge in [-0.25, -0.2) is 9.37 Å². The number of ketones is 1. The van der Waals surface area contributed by atoms with Crippen LogP contribution >= 0.6 is 0 Å². The molecule has 0 spiro atoms. The number of hydrogen-bond donors (Lipinski definition) is 1. The van der Waals surface area contributed by atoms with Crippen LogP contribution in [0.25, 0.3) is 0 Å². The van der Waals surface area contributed by atoms with Crippen LogP contribution < -0.4 is 10.3 Å². The van der Waals surface area contributed by atoms with Crippen LogP contribution in [0.5, 0.6) is 5.75 Å². The smallest absolute Gasteiger partial charge is 0.419 e. The first-order chi connectivity index (χ1) is 16.9. The van der Waals surface area contributed by atoms with Crippen molar-refractivity contribution in [1.82, 2.24) is 9.97 Å². The summed E-state index contributed by atoms with van der Waals surface area (Å²) in [5.74, 6) is -1.23. The zero-order valence-electron chi connectivity index (χ0n) is 20.1. The van der Waals surface area contributed by atoms with E-state index in [0.29, 0.717) is 23.2 Å². The summed E-state index contributed by atoms with van der Waals surface area (Å²) in [5.41, 5.74) is -1.43. The van der Waals surface area contributed by atoms with Crippen LogP contribution in [0.15, 0.2) is 53.3 Å². The van der Waals surface area contributed by atoms with Gasteiger partial charge in [-0.15, -0.1) is 0 Å². The summed E-state index contributed by atoms with van der Waals surface area (Å²) in [6, 6.07) is 11.2. The highest BCUT2D eigenvalue weighted by molar-refractivity contribution is 5.94. The molecule has 9 heteroatoms. The fourth-order valence-corrected chi connectivity index (χ4v) is 4.39. The number of nitrogens with zero attached hydrogens (tertiary/aromatic N) is 1. The number of alkyl halides is 3. The number of halogens is 4. The normalized spacial score (nSPS) is 15.0. The van der Waals surface area contributed by atoms with Gasteiger partial charge < -0.3 is 9.72 Å². The maximum atomic E-state index is 14.2. The van der Waals surface area contributed by atoms with Gasteiger partial charge >= 0.3 is 6.18 Å². The van der Waals surface area contributed by atoms with Gasteiger partial charge in [-0.3, -0.25) is 9.59 Å². The zero-order chi connectivity index (χ0) is 26.3. The van der Waals surface area contributed by atoms with Crippen LogP contribution in [-0.2, 0) is 11.6 Å². The van der Waals surface area contributed by atoms with E-state index in [9.17, 15) is 27.2 Å². The lowest BCUT2D eigenvalue weighted by atomic mass is 9.83. The van der Waals surface area contributed by atoms with Crippen molar-refractivity contribution >= 4 is 5.78 Å². The second-order valence-corrected chi connectivity index (χ2v) is 9.64. The van der Waals surface area contributed by atoms with Crippen molar-refractivity contribution in [1.29, 1.82) is 0 Å². The molecule has 1 saturated carbocycles. The number of H-pyrrole nitrogens is 1. The molecular formula is C27H26F4N2O3. The van der Waals surface area contributed by atoms with Gasteiger partial charge in [0.2, 0.25) is 0 Å². The van der Waals surface area contributed by atoms with Crippen molar-refractivity contribution in [2.75, 3.05) is 7.11 Å². The van der Waals surface area contributed by atoms with Crippen molar-refractivity contribution in [2.45, 2.75) is 50.6 Å². The number of methoxy groups -OCH3 is 1. The van der Waals surface area contributed by atoms with E-state index in [-0.39, 0.29) is 18.0 Å². The molecule has 1 fully saturated rings. The van der Waals surface area contributed by atoms with Crippen LogP contribution in [0.4, 0.5) is 17.6 Å². The second-order valence-electron chi connectivity index (χ2n) is 9.64. The number of aromatic amines is 1. The molecule has 0 bridgehead atoms. The fourth-order valence-electron chi connectivity index (χ4n) is 4.39. The molecule has 2 aromatic carbocycles. The molecule has 0 aliphatic heterocycles. The molecule has 4 rings (SSSR count). The van der Waals surface area contributed by atoms with Gasteiger partial charge in [0, 0.05) is 17.9 Å². The molecule has 1 N–H and O–H groups in total. The third-order valence-corrected chi connectivity index (χ3v) is 6.75. The monoisotopic (exact) mass is 502 g/mol. The summed E-state index contributed by atoms with van der Waals surface area (Å²) in [4.78, 5) is 32.8. The Bertz CT molecular complexity index is 1330. The Kier molecular flexibility index (Phi) is 6.77. The van der Waals surface area contributed by atoms with Crippen LogP contribution in [0.1, 0.15) is 72.0 Å². The summed E-state index contributed by atoms with van der Waals surface area (Å²) < 4.78 is 58.3. The van der Waals surface area contributed by atoms with E-state index in [1.54, 1.807) is 19.2 Å². The van der Waals surface area contributed by atoms with E-state index >= 15 is 0 Å². The molecule has 36 heavy (non-hydrogen) atoms. The van der Waals surface area contributed by atoms with Crippen LogP contribution in [0.3, 0.4) is 0 Å². The SMILES string of the molecule is COc1ccc(C(C)(C)c2nc(C(=O)C[C@@H](c3ccc(C(F)(F)F)c(F)c3)C3CC3)cc(=O)[nH]2)cc1. The summed E-state index contributed by atoms with van der Waals surface area (Å²) >= 11 is 0. The molecule has 1 aliphatic carbocycles. The minimum absolute atomic E-state index is 0.0339. The summed E-state index contributed by atoms with van der Waals surface area (Å²) in [5, 5.41) is 0. The maximum absolute atomic E-state index is 14.2. The van der Waals surface area contributed by atoms with Crippen LogP contribution in [0, 0.1) is 11.7 Å². The number of ether oxygens (including phenoxy) is 1. The largest absolute Gasteiger partial charge is 0.497 e. The molecule has 0 radical (unpaired) electrons. The Morgan fingerprint density at radius 1 is 1.11 bits per heavy atom. The molecule has 5 nitrogen and oxygen atoms in total. The Morgan fingerprint density at radius 3 is 2.33 bits per heavy atom. The van der Waals surface area contributed by atoms with E-state index in [2.05, 4.69) is 9.97 Å². The Balaban J connectivity index is 1.62. The van der Waals surface area contributed by atoms with E-state index in [4.69, 9.17) is 4.74 Å². The summed E-state index contributed by atoms with van der Waals surface area (Å²) in [7, 11) is 1.56. The molecule has 1 aromatic heterocycles. The minimum atomic E-state index is -4.80. The van der Waals surface area contributed by atoms with Crippen LogP contribution in [0.2, 0.25) is 0 Å². The summed E-state index contributed by atoms with van der Waals surface area (Å²) in [6.07, 6.45) is -3.30. The standard InChI is InChI=1S/C27H26F4N2O3/c1-26(2,17-7-9-18(36-3)10-8-17)25-32-22(14-24(35)33-25)23(34)13-19(15-4-5-15)16-6-11-20(21(28)12-16)27(29,30)31/h6-12,14-15,19H,4-5,13H2,1-3H3,(H,32,33,35)/t19-/m1/s1. The Hall–Kier alpha value is -3.49. The quantitative estimate of drug-likeness (QED) is 0.302. The first-order valence-corrected chi connectivity index (χ1v) is 11.6. The van der Waals surface area contributed by atoms with Crippen molar-refractivity contribution in [3.8, 4) is 5.75 Å². The number of aromatic nitrogens is 2. The zero-order valence-corrected chi connectivity index (χ0v) is 20.1. The van der Waals surface area contributed by atoms with E-state index < -0.39 is 40.2 Å². The number of rotatable bonds is 8. The van der Waals surface area contributed by atoms with Gasteiger partial charge in [0.15, 0.2) is 5.78 Å². The lowest BCUT2D eigenvalue weighted by Gasteiger charge is -2.25. The number of benzene rings is 2. The van der Waals surface area contributed by atoms with Gasteiger partial charge in [-0.1, -0.05) is 18.2 Å². The van der Waals surface area contributed by atoms with Gasteiger partial charge in [0.05, 0.1) is 12.7 Å². The number of nitrogens with one attached hydrogen (secondary N) is 1. The number of Topliss-reactive ketones (excluding diaryl/α,β-unsaturated/α-hetero) is 1. The third kappa shape index (κ3) is 5.34. The van der Waals surface area contributed by atoms with Crippen LogP contribution in [-0.4, -0.2) is 22.9 Å². The molecule has 1 atom stereocenters. The highest BCUT2D eigenvalue weighted by Crippen LogP contribution is 2.46. The molecule has 3 aromatic rings. The van der Waals surface area contributed by atoms with Gasteiger partial charge in [-0.2, -0.15) is 13.2 Å². The van der Waals surface area contributed by atoms with Gasteiger partial charge in [0.1, 0.15) is 23.1 Å². The lowest BCUT2D eigenvalue weighted by Crippen LogP contribution is -2.28. The summed E-state index contributed by atoms with van der Waals surface area (Å²) in [6.45, 7) is 3.72. The molecule has 0 amide bonds. The van der Waals surface area contributed by atoms with E-state index in [1.807, 2.05) is 26.0 Å². The topological polar surface area (TPSA) is 72.0 Å². The molecule has 0 unspecified atom stereocenters. The Morgan fingerprint density at radius 2 is 1.78 bits per heavy atom. The predicted molar refractivity (Wildman–Crippen MR) is 126 cm³/mol. The number of hydrogen-bond acceptors (Lipinski definition) is 4. The maximum Gasteiger partial charge on any atom is 0.419 e. The van der Waals surface area contributed by atoms with Crippen molar-refractivity contribution < 1.29 is 27.1 Å². The van der Waals surface area contributed by atoms with Crippen molar-refractivity contribution in [2.24, 2.45) is 5.92 Å².